The Bertz CT molecular complexity index is 1420. The van der Waals surface area contributed by atoms with Crippen molar-refractivity contribution in [2.24, 2.45) is 0 Å². The van der Waals surface area contributed by atoms with E-state index in [0.29, 0.717) is 31.7 Å². The van der Waals surface area contributed by atoms with Crippen LogP contribution in [0.4, 0.5) is 24.1 Å². The Hall–Kier alpha value is -3.82. The second-order valence-corrected chi connectivity index (χ2v) is 13.2. The van der Waals surface area contributed by atoms with Crippen LogP contribution in [0.25, 0.3) is 0 Å². The Balaban J connectivity index is 1.43. The number of hydrogen-bond donors (Lipinski definition) is 1. The molecule has 0 fully saturated rings. The van der Waals surface area contributed by atoms with E-state index in [2.05, 4.69) is 10.2 Å². The highest BCUT2D eigenvalue weighted by atomic mass is 19.1. The van der Waals surface area contributed by atoms with Crippen LogP contribution in [-0.2, 0) is 35.4 Å². The van der Waals surface area contributed by atoms with Crippen molar-refractivity contribution in [3.05, 3.63) is 101 Å². The van der Waals surface area contributed by atoms with Crippen molar-refractivity contribution in [1.29, 1.82) is 0 Å². The van der Waals surface area contributed by atoms with Crippen molar-refractivity contribution in [1.82, 2.24) is 10.2 Å². The zero-order valence-electron chi connectivity index (χ0n) is 26.5. The first-order valence-corrected chi connectivity index (χ1v) is 15.0. The third kappa shape index (κ3) is 9.59. The number of imide groups is 1. The minimum Gasteiger partial charge on any atom is -0.443 e. The van der Waals surface area contributed by atoms with Gasteiger partial charge in [-0.1, -0.05) is 30.3 Å². The lowest BCUT2D eigenvalue weighted by atomic mass is 9.90. The molecule has 0 saturated carbocycles. The fourth-order valence-electron chi connectivity index (χ4n) is 5.19. The molecule has 0 spiro atoms. The summed E-state index contributed by atoms with van der Waals surface area (Å²) in [6.45, 7) is 13.0. The molecule has 3 aromatic carbocycles. The summed E-state index contributed by atoms with van der Waals surface area (Å²) in [5.74, 6) is -0.506. The predicted molar refractivity (Wildman–Crippen MR) is 168 cm³/mol. The molecule has 7 nitrogen and oxygen atoms in total. The number of carbonyl (C=O) groups excluding carboxylic acids is 2. The average molecular weight is 608 g/mol. The molecule has 9 heteroatoms. The number of carbonyl (C=O) groups is 2. The van der Waals surface area contributed by atoms with Crippen LogP contribution in [0, 0.1) is 11.6 Å². The first-order valence-electron chi connectivity index (χ1n) is 15.0. The summed E-state index contributed by atoms with van der Waals surface area (Å²) in [6, 6.07) is 18.8. The van der Waals surface area contributed by atoms with Gasteiger partial charge in [0.1, 0.15) is 22.8 Å². The topological polar surface area (TPSA) is 71.1 Å². The van der Waals surface area contributed by atoms with Crippen LogP contribution in [0.3, 0.4) is 0 Å². The van der Waals surface area contributed by atoms with Crippen LogP contribution >= 0.6 is 0 Å². The van der Waals surface area contributed by atoms with E-state index < -0.39 is 23.4 Å². The Morgan fingerprint density at radius 1 is 0.841 bits per heavy atom. The fraction of sp³-hybridized carbons (Fsp3) is 0.429. The van der Waals surface area contributed by atoms with Gasteiger partial charge in [-0.15, -0.1) is 0 Å². The van der Waals surface area contributed by atoms with Gasteiger partial charge in [0.25, 0.3) is 0 Å². The molecule has 1 unspecified atom stereocenters. The van der Waals surface area contributed by atoms with Gasteiger partial charge < -0.3 is 14.8 Å². The maximum atomic E-state index is 14.0. The van der Waals surface area contributed by atoms with E-state index >= 15 is 0 Å². The van der Waals surface area contributed by atoms with Gasteiger partial charge >= 0.3 is 12.2 Å². The van der Waals surface area contributed by atoms with Gasteiger partial charge in [0, 0.05) is 32.2 Å². The second kappa shape index (κ2) is 13.9. The molecule has 0 radical (unpaired) electrons. The SMILES string of the molecule is CC(C)(C)OC(=O)N(C(=O)OC(C)(C)C)c1cccc(CNCCN2Cc3ccc(F)cc3CC2Cc2ccc(F)cc2)c1. The second-order valence-electron chi connectivity index (χ2n) is 13.2. The Labute approximate surface area is 259 Å². The van der Waals surface area contributed by atoms with Crippen LogP contribution in [0.1, 0.15) is 63.8 Å². The number of anilines is 1. The predicted octanol–water partition coefficient (Wildman–Crippen LogP) is 7.40. The summed E-state index contributed by atoms with van der Waals surface area (Å²) in [4.78, 5) is 29.4. The third-order valence-corrected chi connectivity index (χ3v) is 7.12. The molecule has 0 bridgehead atoms. The molecule has 1 aliphatic heterocycles. The molecule has 4 rings (SSSR count). The number of hydrogen-bond acceptors (Lipinski definition) is 6. The van der Waals surface area contributed by atoms with E-state index in [4.69, 9.17) is 9.47 Å². The highest BCUT2D eigenvalue weighted by molar-refractivity contribution is 6.09. The maximum absolute atomic E-state index is 14.0. The van der Waals surface area contributed by atoms with E-state index in [-0.39, 0.29) is 17.7 Å². The van der Waals surface area contributed by atoms with Gasteiger partial charge in [0.2, 0.25) is 0 Å². The van der Waals surface area contributed by atoms with Gasteiger partial charge in [-0.25, -0.2) is 18.4 Å². The number of rotatable bonds is 8. The molecule has 0 aliphatic carbocycles. The third-order valence-electron chi connectivity index (χ3n) is 7.12. The molecule has 1 aliphatic rings. The molecule has 1 heterocycles. The summed E-state index contributed by atoms with van der Waals surface area (Å²) in [5.41, 5.74) is 2.79. The number of fused-ring (bicyclic) bond motifs is 1. The molecule has 0 aromatic heterocycles. The molecule has 1 N–H and O–H groups in total. The first-order chi connectivity index (χ1) is 20.7. The zero-order valence-corrected chi connectivity index (χ0v) is 26.5. The Kier molecular flexibility index (Phi) is 10.4. The van der Waals surface area contributed by atoms with Crippen molar-refractivity contribution < 1.29 is 27.8 Å². The summed E-state index contributed by atoms with van der Waals surface area (Å²) < 4.78 is 38.5. The van der Waals surface area contributed by atoms with Gasteiger partial charge in [0.15, 0.2) is 0 Å². The quantitative estimate of drug-likeness (QED) is 0.269. The van der Waals surface area contributed by atoms with E-state index in [1.54, 1.807) is 77.9 Å². The summed E-state index contributed by atoms with van der Waals surface area (Å²) in [7, 11) is 0. The zero-order chi connectivity index (χ0) is 32.1. The number of amides is 2. The summed E-state index contributed by atoms with van der Waals surface area (Å²) in [6.07, 6.45) is -0.190. The van der Waals surface area contributed by atoms with Crippen LogP contribution < -0.4 is 10.2 Å². The average Bonchev–Trinajstić information content (AvgIpc) is 2.91. The van der Waals surface area contributed by atoms with E-state index in [0.717, 1.165) is 40.1 Å². The summed E-state index contributed by atoms with van der Waals surface area (Å²) in [5, 5.41) is 3.47. The largest absolute Gasteiger partial charge is 0.443 e. The number of benzene rings is 3. The molecule has 3 aromatic rings. The number of halogens is 2. The van der Waals surface area contributed by atoms with Gasteiger partial charge in [-0.2, -0.15) is 4.90 Å². The molecule has 0 saturated heterocycles. The minimum atomic E-state index is -0.811. The highest BCUT2D eigenvalue weighted by Crippen LogP contribution is 2.27. The highest BCUT2D eigenvalue weighted by Gasteiger charge is 2.33. The molecule has 1 atom stereocenters. The van der Waals surface area contributed by atoms with E-state index in [1.807, 2.05) is 12.1 Å². The number of ether oxygens (including phenoxy) is 2. The van der Waals surface area contributed by atoms with Crippen molar-refractivity contribution >= 4 is 17.9 Å². The van der Waals surface area contributed by atoms with Gasteiger partial charge in [-0.05, 0) is 113 Å². The molecule has 2 amide bonds. The molecular formula is C35H43F2N3O4. The maximum Gasteiger partial charge on any atom is 0.424 e. The van der Waals surface area contributed by atoms with Crippen molar-refractivity contribution in [3.8, 4) is 0 Å². The molecule has 44 heavy (non-hydrogen) atoms. The minimum absolute atomic E-state index is 0.135. The van der Waals surface area contributed by atoms with Crippen molar-refractivity contribution in [2.75, 3.05) is 18.0 Å². The van der Waals surface area contributed by atoms with Crippen LogP contribution in [0.5, 0.6) is 0 Å². The van der Waals surface area contributed by atoms with Crippen molar-refractivity contribution in [2.45, 2.75) is 84.7 Å². The van der Waals surface area contributed by atoms with Gasteiger partial charge in [-0.3, -0.25) is 4.90 Å². The van der Waals surface area contributed by atoms with Gasteiger partial charge in [0.05, 0.1) is 5.69 Å². The first kappa shape index (κ1) is 33.1. The van der Waals surface area contributed by atoms with Crippen LogP contribution in [0.15, 0.2) is 66.7 Å². The van der Waals surface area contributed by atoms with E-state index in [9.17, 15) is 18.4 Å². The fourth-order valence-corrected chi connectivity index (χ4v) is 5.19. The molecular weight excluding hydrogens is 564 g/mol. The summed E-state index contributed by atoms with van der Waals surface area (Å²) >= 11 is 0. The monoisotopic (exact) mass is 607 g/mol. The smallest absolute Gasteiger partial charge is 0.424 e. The Morgan fingerprint density at radius 3 is 2.11 bits per heavy atom. The van der Waals surface area contributed by atoms with E-state index in [1.165, 1.54) is 18.2 Å². The van der Waals surface area contributed by atoms with Crippen LogP contribution in [0.2, 0.25) is 0 Å². The number of nitrogens with zero attached hydrogens (tertiary/aromatic N) is 2. The van der Waals surface area contributed by atoms with Crippen molar-refractivity contribution in [3.63, 3.8) is 0 Å². The van der Waals surface area contributed by atoms with Crippen LogP contribution in [-0.4, -0.2) is 47.4 Å². The normalized spacial score (nSPS) is 15.4. The standard InChI is InChI=1S/C35H43F2N3O4/c1-34(2,3)43-32(41)40(33(42)44-35(4,5)6)30-9-7-8-25(19-30)22-38-16-17-39-23-26-12-15-29(37)20-27(26)21-31(39)18-24-10-13-28(36)14-11-24/h7-15,19-20,31,38H,16-18,21-23H2,1-6H3. The number of nitrogens with one attached hydrogen (secondary N) is 1. The Morgan fingerprint density at radius 2 is 1.48 bits per heavy atom. The lowest BCUT2D eigenvalue weighted by Crippen LogP contribution is -2.44. The molecule has 236 valence electrons. The lowest BCUT2D eigenvalue weighted by Gasteiger charge is -2.37. The lowest BCUT2D eigenvalue weighted by molar-refractivity contribution is 0.0430.